The van der Waals surface area contributed by atoms with Gasteiger partial charge in [0.1, 0.15) is 0 Å². The van der Waals surface area contributed by atoms with Crippen molar-refractivity contribution in [3.8, 4) is 0 Å². The Morgan fingerprint density at radius 3 is 2.33 bits per heavy atom. The standard InChI is InChI=1S/C18H22Cl2F3N3O3S/c19-15-5-4-14(11-16(15)20)30(28,29)26-8-6-25(7-9-26)17(27)24-13-3-1-2-12(10-13)18(21,22)23/h4-5,11-13H,1-3,6-10H2,(H,24,27). The summed E-state index contributed by atoms with van der Waals surface area (Å²) in [7, 11) is -3.79. The number of nitrogens with zero attached hydrogens (tertiary/aromatic N) is 2. The molecule has 30 heavy (non-hydrogen) atoms. The molecule has 0 aromatic heterocycles. The lowest BCUT2D eigenvalue weighted by molar-refractivity contribution is -0.183. The number of hydrogen-bond acceptors (Lipinski definition) is 3. The number of rotatable bonds is 3. The Morgan fingerprint density at radius 2 is 1.73 bits per heavy atom. The van der Waals surface area contributed by atoms with Crippen LogP contribution < -0.4 is 5.32 Å². The van der Waals surface area contributed by atoms with Crippen LogP contribution in [0.4, 0.5) is 18.0 Å². The van der Waals surface area contributed by atoms with Crippen LogP contribution >= 0.6 is 23.2 Å². The number of carbonyl (C=O) groups is 1. The van der Waals surface area contributed by atoms with Crippen molar-refractivity contribution in [2.45, 2.75) is 42.8 Å². The second kappa shape index (κ2) is 9.10. The highest BCUT2D eigenvalue weighted by molar-refractivity contribution is 7.89. The first kappa shape index (κ1) is 23.4. The number of alkyl halides is 3. The molecule has 1 N–H and O–H groups in total. The topological polar surface area (TPSA) is 69.7 Å². The van der Waals surface area contributed by atoms with E-state index >= 15 is 0 Å². The first-order valence-corrected chi connectivity index (χ1v) is 11.8. The summed E-state index contributed by atoms with van der Waals surface area (Å²) in [5.41, 5.74) is 0. The van der Waals surface area contributed by atoms with Crippen LogP contribution in [0.2, 0.25) is 10.0 Å². The van der Waals surface area contributed by atoms with E-state index in [2.05, 4.69) is 5.32 Å². The second-order valence-electron chi connectivity index (χ2n) is 7.52. The smallest absolute Gasteiger partial charge is 0.335 e. The molecular weight excluding hydrogens is 466 g/mol. The van der Waals surface area contributed by atoms with Crippen LogP contribution in [0.25, 0.3) is 0 Å². The van der Waals surface area contributed by atoms with E-state index in [1.54, 1.807) is 0 Å². The molecule has 2 fully saturated rings. The third-order valence-corrected chi connectivity index (χ3v) is 8.15. The first-order valence-electron chi connectivity index (χ1n) is 9.56. The number of nitrogens with one attached hydrogen (secondary N) is 1. The molecule has 1 heterocycles. The Hall–Kier alpha value is -1.23. The number of urea groups is 1. The molecule has 1 aromatic carbocycles. The Bertz CT molecular complexity index is 890. The number of sulfonamides is 1. The zero-order valence-electron chi connectivity index (χ0n) is 16.0. The molecule has 0 radical (unpaired) electrons. The number of carbonyl (C=O) groups excluding carboxylic acids is 1. The largest absolute Gasteiger partial charge is 0.391 e. The average molecular weight is 488 g/mol. The minimum absolute atomic E-state index is 0.00944. The molecule has 6 nitrogen and oxygen atoms in total. The fraction of sp³-hybridized carbons (Fsp3) is 0.611. The maximum absolute atomic E-state index is 12.9. The lowest BCUT2D eigenvalue weighted by atomic mass is 9.85. The third-order valence-electron chi connectivity index (χ3n) is 5.52. The van der Waals surface area contributed by atoms with Crippen LogP contribution in [-0.2, 0) is 10.0 Å². The predicted molar refractivity (Wildman–Crippen MR) is 107 cm³/mol. The molecule has 0 spiro atoms. The Balaban J connectivity index is 1.56. The predicted octanol–water partition coefficient (Wildman–Crippen LogP) is 4.13. The summed E-state index contributed by atoms with van der Waals surface area (Å²) < 4.78 is 65.6. The second-order valence-corrected chi connectivity index (χ2v) is 10.3. The zero-order chi connectivity index (χ0) is 22.1. The fourth-order valence-electron chi connectivity index (χ4n) is 3.80. The van der Waals surface area contributed by atoms with E-state index in [9.17, 15) is 26.4 Å². The molecule has 3 rings (SSSR count). The van der Waals surface area contributed by atoms with Crippen LogP contribution in [-0.4, -0.2) is 62.1 Å². The molecule has 168 valence electrons. The zero-order valence-corrected chi connectivity index (χ0v) is 18.3. The number of hydrogen-bond donors (Lipinski definition) is 1. The van der Waals surface area contributed by atoms with Gasteiger partial charge in [-0.15, -0.1) is 0 Å². The van der Waals surface area contributed by atoms with Gasteiger partial charge in [-0.05, 0) is 37.5 Å². The first-order chi connectivity index (χ1) is 14.0. The molecule has 1 saturated heterocycles. The Labute approximate surface area is 183 Å². The molecular formula is C18H22Cl2F3N3O3S. The number of halogens is 5. The van der Waals surface area contributed by atoms with Gasteiger partial charge in [-0.1, -0.05) is 29.6 Å². The van der Waals surface area contributed by atoms with Gasteiger partial charge < -0.3 is 10.2 Å². The van der Waals surface area contributed by atoms with E-state index < -0.39 is 34.2 Å². The molecule has 2 aliphatic rings. The molecule has 1 aliphatic heterocycles. The summed E-state index contributed by atoms with van der Waals surface area (Å²) >= 11 is 11.7. The highest BCUT2D eigenvalue weighted by Crippen LogP contribution is 2.37. The summed E-state index contributed by atoms with van der Waals surface area (Å²) in [6, 6.07) is 3.05. The van der Waals surface area contributed by atoms with Gasteiger partial charge in [-0.25, -0.2) is 13.2 Å². The normalized spacial score (nSPS) is 24.0. The van der Waals surface area contributed by atoms with Crippen molar-refractivity contribution in [1.82, 2.24) is 14.5 Å². The van der Waals surface area contributed by atoms with E-state index in [0.717, 1.165) is 0 Å². The maximum atomic E-state index is 12.9. The van der Waals surface area contributed by atoms with Crippen LogP contribution in [0.5, 0.6) is 0 Å². The molecule has 2 unspecified atom stereocenters. The van der Waals surface area contributed by atoms with Crippen LogP contribution in [0.3, 0.4) is 0 Å². The van der Waals surface area contributed by atoms with Gasteiger partial charge in [0.25, 0.3) is 0 Å². The average Bonchev–Trinajstić information content (AvgIpc) is 2.69. The van der Waals surface area contributed by atoms with Gasteiger partial charge in [0.15, 0.2) is 0 Å². The van der Waals surface area contributed by atoms with Gasteiger partial charge in [0, 0.05) is 32.2 Å². The van der Waals surface area contributed by atoms with Gasteiger partial charge in [-0.3, -0.25) is 0 Å². The van der Waals surface area contributed by atoms with Crippen molar-refractivity contribution >= 4 is 39.3 Å². The van der Waals surface area contributed by atoms with Crippen molar-refractivity contribution in [1.29, 1.82) is 0 Å². The molecule has 1 aromatic rings. The lowest BCUT2D eigenvalue weighted by Gasteiger charge is -2.36. The van der Waals surface area contributed by atoms with Gasteiger partial charge in [0.05, 0.1) is 20.9 Å². The van der Waals surface area contributed by atoms with Gasteiger partial charge in [0.2, 0.25) is 10.0 Å². The summed E-state index contributed by atoms with van der Waals surface area (Å²) in [5, 5.41) is 3.05. The van der Waals surface area contributed by atoms with Crippen molar-refractivity contribution in [2.24, 2.45) is 5.92 Å². The summed E-state index contributed by atoms with van der Waals surface area (Å²) in [4.78, 5) is 13.9. The summed E-state index contributed by atoms with van der Waals surface area (Å²) in [5.74, 6) is -1.40. The SMILES string of the molecule is O=C(NC1CCCC(C(F)(F)F)C1)N1CCN(S(=O)(=O)c2ccc(Cl)c(Cl)c2)CC1. The number of piperazine rings is 1. The Kier molecular flexibility index (Phi) is 7.11. The van der Waals surface area contributed by atoms with Gasteiger partial charge in [-0.2, -0.15) is 17.5 Å². The van der Waals surface area contributed by atoms with E-state index in [1.807, 2.05) is 0 Å². The molecule has 0 bridgehead atoms. The van der Waals surface area contributed by atoms with Crippen LogP contribution in [0.15, 0.2) is 23.1 Å². The molecule has 12 heteroatoms. The van der Waals surface area contributed by atoms with E-state index in [4.69, 9.17) is 23.2 Å². The lowest BCUT2D eigenvalue weighted by Crippen LogP contribution is -2.55. The maximum Gasteiger partial charge on any atom is 0.391 e. The highest BCUT2D eigenvalue weighted by atomic mass is 35.5. The van der Waals surface area contributed by atoms with Crippen molar-refractivity contribution in [3.63, 3.8) is 0 Å². The number of benzene rings is 1. The highest BCUT2D eigenvalue weighted by Gasteiger charge is 2.42. The van der Waals surface area contributed by atoms with Gasteiger partial charge >= 0.3 is 12.2 Å². The van der Waals surface area contributed by atoms with E-state index in [1.165, 1.54) is 27.4 Å². The van der Waals surface area contributed by atoms with Crippen molar-refractivity contribution in [2.75, 3.05) is 26.2 Å². The summed E-state index contributed by atoms with van der Waals surface area (Å²) in [6.07, 6.45) is -3.38. The van der Waals surface area contributed by atoms with Crippen molar-refractivity contribution in [3.05, 3.63) is 28.2 Å². The molecule has 2 amide bonds. The third kappa shape index (κ3) is 5.33. The molecule has 1 aliphatic carbocycles. The Morgan fingerprint density at radius 1 is 1.07 bits per heavy atom. The van der Waals surface area contributed by atoms with Crippen LogP contribution in [0.1, 0.15) is 25.7 Å². The quantitative estimate of drug-likeness (QED) is 0.696. The van der Waals surface area contributed by atoms with E-state index in [0.29, 0.717) is 12.8 Å². The minimum atomic E-state index is -4.26. The summed E-state index contributed by atoms with van der Waals surface area (Å²) in [6.45, 7) is 0.432. The molecule has 1 saturated carbocycles. The number of amides is 2. The monoisotopic (exact) mass is 487 g/mol. The van der Waals surface area contributed by atoms with Crippen molar-refractivity contribution < 1.29 is 26.4 Å². The van der Waals surface area contributed by atoms with E-state index in [-0.39, 0.29) is 54.0 Å². The van der Waals surface area contributed by atoms with Crippen LogP contribution in [0, 0.1) is 5.92 Å². The minimum Gasteiger partial charge on any atom is -0.335 e. The fourth-order valence-corrected chi connectivity index (χ4v) is 5.61. The molecule has 2 atom stereocenters.